The Labute approximate surface area is 279 Å². The second kappa shape index (κ2) is 12.8. The largest absolute Gasteiger partial charge is 0.340 e. The van der Waals surface area contributed by atoms with E-state index in [0.717, 1.165) is 94.7 Å². The van der Waals surface area contributed by atoms with E-state index in [9.17, 15) is 9.59 Å². The summed E-state index contributed by atoms with van der Waals surface area (Å²) >= 11 is 0. The van der Waals surface area contributed by atoms with Crippen LogP contribution in [0, 0.1) is 11.8 Å². The Kier molecular flexibility index (Phi) is 7.95. The van der Waals surface area contributed by atoms with Crippen molar-refractivity contribution in [2.75, 3.05) is 13.1 Å². The summed E-state index contributed by atoms with van der Waals surface area (Å²) in [4.78, 5) is 47.0. The van der Waals surface area contributed by atoms with Crippen molar-refractivity contribution in [2.24, 2.45) is 0 Å². The van der Waals surface area contributed by atoms with E-state index in [2.05, 4.69) is 21.8 Å². The van der Waals surface area contributed by atoms with Crippen LogP contribution in [-0.4, -0.2) is 54.6 Å². The van der Waals surface area contributed by atoms with Gasteiger partial charge in [-0.3, -0.25) is 9.59 Å². The van der Waals surface area contributed by atoms with Crippen LogP contribution in [0.25, 0.3) is 22.1 Å². The molecule has 2 saturated heterocycles. The molecule has 2 aliphatic heterocycles. The molecule has 8 nitrogen and oxygen atoms in total. The quantitative estimate of drug-likeness (QED) is 0.201. The number of hydrogen-bond donors (Lipinski definition) is 2. The van der Waals surface area contributed by atoms with Gasteiger partial charge in [-0.05, 0) is 73.2 Å². The highest BCUT2D eigenvalue weighted by Crippen LogP contribution is 2.33. The van der Waals surface area contributed by atoms with Crippen molar-refractivity contribution in [3.05, 3.63) is 131 Å². The van der Waals surface area contributed by atoms with E-state index >= 15 is 0 Å². The Morgan fingerprint density at radius 3 is 1.50 bits per heavy atom. The molecule has 238 valence electrons. The van der Waals surface area contributed by atoms with Gasteiger partial charge in [-0.1, -0.05) is 72.5 Å². The summed E-state index contributed by atoms with van der Waals surface area (Å²) in [5.41, 5.74) is 7.38. The van der Waals surface area contributed by atoms with Crippen molar-refractivity contribution < 1.29 is 9.59 Å². The fraction of sp³-hybridized carbons (Fsp3) is 0.250. The second-order valence-electron chi connectivity index (χ2n) is 12.8. The zero-order valence-electron chi connectivity index (χ0n) is 26.7. The van der Waals surface area contributed by atoms with Crippen molar-refractivity contribution in [3.63, 3.8) is 0 Å². The topological polar surface area (TPSA) is 98.0 Å². The van der Waals surface area contributed by atoms with Gasteiger partial charge in [-0.25, -0.2) is 9.97 Å². The van der Waals surface area contributed by atoms with Gasteiger partial charge in [0.15, 0.2) is 0 Å². The summed E-state index contributed by atoms with van der Waals surface area (Å²) in [7, 11) is 0. The van der Waals surface area contributed by atoms with Crippen LogP contribution >= 0.6 is 0 Å². The lowest BCUT2D eigenvalue weighted by Gasteiger charge is -2.23. The molecule has 2 amide bonds. The SMILES string of the molecule is O=C(Cc1ccccc1)N1CCCC1c1nc2ccc(C#Cc3ccc4nc([C@@H]5CCCN5C(=O)Cc5ccccc5)[nH]c4c3)cc2[nH]1. The lowest BCUT2D eigenvalue weighted by Crippen LogP contribution is -2.32. The number of aromatic nitrogens is 4. The van der Waals surface area contributed by atoms with Crippen molar-refractivity contribution in [2.45, 2.75) is 50.6 Å². The minimum absolute atomic E-state index is 0.0486. The van der Waals surface area contributed by atoms with Crippen molar-refractivity contribution in [1.82, 2.24) is 29.7 Å². The highest BCUT2D eigenvalue weighted by molar-refractivity contribution is 5.82. The molecular weight excluding hydrogens is 596 g/mol. The molecule has 0 aliphatic carbocycles. The molecule has 8 rings (SSSR count). The number of rotatable bonds is 6. The minimum atomic E-state index is -0.0486. The summed E-state index contributed by atoms with van der Waals surface area (Å²) in [6, 6.07) is 31.7. The number of H-pyrrole nitrogens is 2. The van der Waals surface area contributed by atoms with Gasteiger partial charge in [0.1, 0.15) is 11.6 Å². The molecule has 2 aromatic heterocycles. The average Bonchev–Trinajstić information content (AvgIpc) is 3.93. The predicted molar refractivity (Wildman–Crippen MR) is 186 cm³/mol. The predicted octanol–water partition coefficient (Wildman–Crippen LogP) is 6.65. The number of carbonyl (C=O) groups is 2. The number of hydrogen-bond acceptors (Lipinski definition) is 4. The zero-order valence-corrected chi connectivity index (χ0v) is 26.7. The van der Waals surface area contributed by atoms with Gasteiger partial charge >= 0.3 is 0 Å². The molecule has 6 aromatic rings. The van der Waals surface area contributed by atoms with Crippen LogP contribution in [0.5, 0.6) is 0 Å². The molecule has 0 bridgehead atoms. The summed E-state index contributed by atoms with van der Waals surface area (Å²) in [5, 5.41) is 0. The maximum atomic E-state index is 13.2. The van der Waals surface area contributed by atoms with Crippen molar-refractivity contribution >= 4 is 33.9 Å². The molecule has 2 atom stereocenters. The van der Waals surface area contributed by atoms with Crippen LogP contribution in [-0.2, 0) is 22.4 Å². The molecular formula is C40H36N6O2. The smallest absolute Gasteiger partial charge is 0.227 e. The number of likely N-dealkylation sites (tertiary alicyclic amines) is 2. The monoisotopic (exact) mass is 632 g/mol. The number of benzene rings is 4. The van der Waals surface area contributed by atoms with E-state index in [0.29, 0.717) is 12.8 Å². The summed E-state index contributed by atoms with van der Waals surface area (Å²) in [6.45, 7) is 1.50. The van der Waals surface area contributed by atoms with Crippen molar-refractivity contribution in [1.29, 1.82) is 0 Å². The number of imidazole rings is 2. The number of nitrogens with zero attached hydrogens (tertiary/aromatic N) is 4. The van der Waals surface area contributed by atoms with Gasteiger partial charge in [0, 0.05) is 24.2 Å². The van der Waals surface area contributed by atoms with Crippen LogP contribution in [0.15, 0.2) is 97.1 Å². The second-order valence-corrected chi connectivity index (χ2v) is 12.8. The summed E-state index contributed by atoms with van der Waals surface area (Å²) < 4.78 is 0. The maximum Gasteiger partial charge on any atom is 0.227 e. The molecule has 48 heavy (non-hydrogen) atoms. The molecule has 1 unspecified atom stereocenters. The highest BCUT2D eigenvalue weighted by atomic mass is 16.2. The third-order valence-electron chi connectivity index (χ3n) is 9.53. The Morgan fingerprint density at radius 2 is 1.06 bits per heavy atom. The maximum absolute atomic E-state index is 13.2. The van der Waals surface area contributed by atoms with Gasteiger partial charge in [-0.15, -0.1) is 0 Å². The first-order valence-corrected chi connectivity index (χ1v) is 16.8. The average molecular weight is 633 g/mol. The van der Waals surface area contributed by atoms with Crippen LogP contribution in [0.3, 0.4) is 0 Å². The Hall–Kier alpha value is -5.68. The number of amides is 2. The number of carbonyl (C=O) groups excluding carboxylic acids is 2. The van der Waals surface area contributed by atoms with Gasteiger partial charge in [0.25, 0.3) is 0 Å². The van der Waals surface area contributed by atoms with Gasteiger partial charge in [-0.2, -0.15) is 0 Å². The van der Waals surface area contributed by atoms with Gasteiger partial charge in [0.2, 0.25) is 11.8 Å². The molecule has 0 radical (unpaired) electrons. The number of aromatic amines is 2. The van der Waals surface area contributed by atoms with Crippen LogP contribution < -0.4 is 0 Å². The van der Waals surface area contributed by atoms with Crippen molar-refractivity contribution in [3.8, 4) is 11.8 Å². The summed E-state index contributed by atoms with van der Waals surface area (Å²) in [6.07, 6.45) is 4.52. The van der Waals surface area contributed by atoms with E-state index in [1.807, 2.05) is 107 Å². The normalized spacial score (nSPS) is 17.6. The number of nitrogens with one attached hydrogen (secondary N) is 2. The molecule has 0 saturated carbocycles. The van der Waals surface area contributed by atoms with Gasteiger partial charge < -0.3 is 19.8 Å². The van der Waals surface area contributed by atoms with E-state index in [1.165, 1.54) is 0 Å². The minimum Gasteiger partial charge on any atom is -0.340 e. The van der Waals surface area contributed by atoms with Crippen LogP contribution in [0.1, 0.15) is 71.7 Å². The van der Waals surface area contributed by atoms with Gasteiger partial charge in [0.05, 0.1) is 47.0 Å². The van der Waals surface area contributed by atoms with Crippen LogP contribution in [0.4, 0.5) is 0 Å². The third-order valence-corrected chi connectivity index (χ3v) is 9.53. The van der Waals surface area contributed by atoms with E-state index in [1.54, 1.807) is 0 Å². The fourth-order valence-corrected chi connectivity index (χ4v) is 7.12. The first-order valence-electron chi connectivity index (χ1n) is 16.8. The van der Waals surface area contributed by atoms with E-state index < -0.39 is 0 Å². The Morgan fingerprint density at radius 1 is 0.625 bits per heavy atom. The Balaban J connectivity index is 0.971. The van der Waals surface area contributed by atoms with E-state index in [4.69, 9.17) is 9.97 Å². The number of fused-ring (bicyclic) bond motifs is 2. The fourth-order valence-electron chi connectivity index (χ4n) is 7.12. The lowest BCUT2D eigenvalue weighted by atomic mass is 10.1. The molecule has 2 aliphatic rings. The molecule has 8 heteroatoms. The molecule has 4 heterocycles. The lowest BCUT2D eigenvalue weighted by molar-refractivity contribution is -0.132. The van der Waals surface area contributed by atoms with Crippen LogP contribution in [0.2, 0.25) is 0 Å². The molecule has 4 aromatic carbocycles. The highest BCUT2D eigenvalue weighted by Gasteiger charge is 2.33. The molecule has 0 spiro atoms. The standard InChI is InChI=1S/C40H36N6O2/c47-37(25-27-9-3-1-4-10-27)45-21-7-13-35(45)39-41-31-19-17-29(23-33(31)43-39)15-16-30-18-20-32-34(24-30)44-40(42-32)36-14-8-22-46(36)38(48)26-28-11-5-2-6-12-28/h1-6,9-12,17-20,23-24,35-36H,7-8,13-14,21-22,25-26H2,(H,41,43)(H,42,44)/t35-,36?/m0/s1. The molecule has 2 fully saturated rings. The summed E-state index contributed by atoms with van der Waals surface area (Å²) in [5.74, 6) is 8.55. The first kappa shape index (κ1) is 29.7. The van der Waals surface area contributed by atoms with E-state index in [-0.39, 0.29) is 23.9 Å². The molecule has 2 N–H and O–H groups in total. The zero-order chi connectivity index (χ0) is 32.5. The Bertz CT molecular complexity index is 2020. The third kappa shape index (κ3) is 6.07. The first-order chi connectivity index (χ1) is 23.6.